The number of ether oxygens (including phenoxy) is 2. The normalized spacial score (nSPS) is 10.4. The van der Waals surface area contributed by atoms with Crippen LogP contribution in [0.3, 0.4) is 0 Å². The number of benzene rings is 2. The van der Waals surface area contributed by atoms with Gasteiger partial charge in [0.1, 0.15) is 13.2 Å². The maximum atomic E-state index is 5.81. The quantitative estimate of drug-likeness (QED) is 0.480. The van der Waals surface area contributed by atoms with Gasteiger partial charge in [0.2, 0.25) is 11.8 Å². The lowest BCUT2D eigenvalue weighted by atomic mass is 10.2. The molecule has 3 rings (SSSR count). The second-order valence-electron chi connectivity index (χ2n) is 5.11. The van der Waals surface area contributed by atoms with E-state index in [0.717, 1.165) is 20.1 Å². The molecule has 1 heterocycles. The molecule has 0 aliphatic carbocycles. The topological polar surface area (TPSA) is 31.4 Å². The average Bonchev–Trinajstić information content (AvgIpc) is 2.62. The number of nitrogens with zero attached hydrogens (tertiary/aromatic N) is 1. The lowest BCUT2D eigenvalue weighted by molar-refractivity contribution is 0.265. The van der Waals surface area contributed by atoms with Gasteiger partial charge in [0.25, 0.3) is 0 Å². The smallest absolute Gasteiger partial charge is 0.231 e. The van der Waals surface area contributed by atoms with E-state index in [1.807, 2.05) is 66.7 Å². The molecule has 3 nitrogen and oxygen atoms in total. The molecule has 0 radical (unpaired) electrons. The highest BCUT2D eigenvalue weighted by Crippen LogP contribution is 2.33. The molecule has 0 N–H and O–H groups in total. The Morgan fingerprint density at radius 1 is 0.667 bits per heavy atom. The van der Waals surface area contributed by atoms with Gasteiger partial charge in [0, 0.05) is 0 Å². The molecule has 0 fully saturated rings. The van der Waals surface area contributed by atoms with E-state index in [1.54, 1.807) is 0 Å². The Balaban J connectivity index is 1.71. The minimum absolute atomic E-state index is 0.451. The molecular formula is C19H15Br2NO2. The molecule has 0 spiro atoms. The Morgan fingerprint density at radius 3 is 1.50 bits per heavy atom. The van der Waals surface area contributed by atoms with Crippen LogP contribution in [0.4, 0.5) is 0 Å². The van der Waals surface area contributed by atoms with Crippen LogP contribution in [-0.2, 0) is 13.2 Å². The summed E-state index contributed by atoms with van der Waals surface area (Å²) in [6.45, 7) is 0.901. The fourth-order valence-corrected chi connectivity index (χ4v) is 3.26. The number of aromatic nitrogens is 1. The minimum Gasteiger partial charge on any atom is -0.472 e. The average molecular weight is 449 g/mol. The largest absolute Gasteiger partial charge is 0.472 e. The van der Waals surface area contributed by atoms with Crippen LogP contribution in [0.25, 0.3) is 0 Å². The monoisotopic (exact) mass is 447 g/mol. The summed E-state index contributed by atoms with van der Waals surface area (Å²) >= 11 is 6.96. The van der Waals surface area contributed by atoms with E-state index in [2.05, 4.69) is 36.8 Å². The van der Waals surface area contributed by atoms with Crippen LogP contribution in [0.2, 0.25) is 0 Å². The van der Waals surface area contributed by atoms with Gasteiger partial charge in [-0.3, -0.25) is 0 Å². The van der Waals surface area contributed by atoms with Crippen LogP contribution in [0.15, 0.2) is 75.7 Å². The lowest BCUT2D eigenvalue weighted by Crippen LogP contribution is -2.02. The molecule has 0 aliphatic rings. The summed E-state index contributed by atoms with van der Waals surface area (Å²) in [6.07, 6.45) is 0. The molecule has 24 heavy (non-hydrogen) atoms. The van der Waals surface area contributed by atoms with Crippen molar-refractivity contribution in [2.24, 2.45) is 0 Å². The molecule has 0 saturated heterocycles. The summed E-state index contributed by atoms with van der Waals surface area (Å²) in [6, 6.07) is 21.8. The zero-order valence-corrected chi connectivity index (χ0v) is 16.0. The third-order valence-electron chi connectivity index (χ3n) is 3.30. The first-order valence-electron chi connectivity index (χ1n) is 7.42. The fraction of sp³-hybridized carbons (Fsp3) is 0.105. The highest BCUT2D eigenvalue weighted by molar-refractivity contribution is 9.11. The number of hydrogen-bond donors (Lipinski definition) is 0. The molecule has 0 saturated carbocycles. The van der Waals surface area contributed by atoms with Crippen molar-refractivity contribution < 1.29 is 9.47 Å². The summed E-state index contributed by atoms with van der Waals surface area (Å²) in [5.41, 5.74) is 2.17. The van der Waals surface area contributed by atoms with E-state index >= 15 is 0 Å². The van der Waals surface area contributed by atoms with Crippen LogP contribution in [0, 0.1) is 0 Å². The maximum Gasteiger partial charge on any atom is 0.231 e. The van der Waals surface area contributed by atoms with Gasteiger partial charge in [-0.1, -0.05) is 60.7 Å². The van der Waals surface area contributed by atoms with Crippen LogP contribution in [0.1, 0.15) is 11.1 Å². The van der Waals surface area contributed by atoms with Crippen LogP contribution < -0.4 is 9.47 Å². The zero-order chi connectivity index (χ0) is 16.8. The maximum absolute atomic E-state index is 5.81. The second kappa shape index (κ2) is 8.31. The van der Waals surface area contributed by atoms with E-state index < -0.39 is 0 Å². The fourth-order valence-electron chi connectivity index (χ4n) is 2.09. The number of rotatable bonds is 6. The van der Waals surface area contributed by atoms with Crippen molar-refractivity contribution >= 4 is 31.9 Å². The van der Waals surface area contributed by atoms with Gasteiger partial charge < -0.3 is 9.47 Å². The van der Waals surface area contributed by atoms with Crippen LogP contribution >= 0.6 is 31.9 Å². The first kappa shape index (κ1) is 17.0. The third kappa shape index (κ3) is 4.58. The lowest BCUT2D eigenvalue weighted by Gasteiger charge is -2.12. The molecule has 2 aromatic carbocycles. The Bertz CT molecular complexity index is 730. The Kier molecular flexibility index (Phi) is 5.88. The van der Waals surface area contributed by atoms with Crippen molar-refractivity contribution in [3.05, 3.63) is 86.8 Å². The van der Waals surface area contributed by atoms with E-state index in [1.165, 1.54) is 0 Å². The van der Waals surface area contributed by atoms with E-state index in [4.69, 9.17) is 9.47 Å². The summed E-state index contributed by atoms with van der Waals surface area (Å²) in [5, 5.41) is 0. The standard InChI is InChI=1S/C19H15Br2NO2/c20-16-11-17(21)19(24-13-15-9-5-2-6-10-15)22-18(16)23-12-14-7-3-1-4-8-14/h1-11H,12-13H2. The van der Waals surface area contributed by atoms with Gasteiger partial charge in [-0.15, -0.1) is 0 Å². The molecule has 0 bridgehead atoms. The van der Waals surface area contributed by atoms with Gasteiger partial charge in [-0.25, -0.2) is 0 Å². The molecule has 122 valence electrons. The van der Waals surface area contributed by atoms with Crippen molar-refractivity contribution in [1.29, 1.82) is 0 Å². The number of pyridine rings is 1. The van der Waals surface area contributed by atoms with E-state index in [0.29, 0.717) is 25.0 Å². The van der Waals surface area contributed by atoms with E-state index in [-0.39, 0.29) is 0 Å². The molecule has 0 atom stereocenters. The van der Waals surface area contributed by atoms with E-state index in [9.17, 15) is 0 Å². The van der Waals surface area contributed by atoms with Gasteiger partial charge >= 0.3 is 0 Å². The zero-order valence-electron chi connectivity index (χ0n) is 12.8. The van der Waals surface area contributed by atoms with Crippen LogP contribution in [-0.4, -0.2) is 4.98 Å². The van der Waals surface area contributed by atoms with Crippen molar-refractivity contribution in [2.45, 2.75) is 13.2 Å². The second-order valence-corrected chi connectivity index (χ2v) is 6.82. The molecule has 0 unspecified atom stereocenters. The molecule has 1 aromatic heterocycles. The molecule has 0 aliphatic heterocycles. The Morgan fingerprint density at radius 2 is 1.08 bits per heavy atom. The summed E-state index contributed by atoms with van der Waals surface area (Å²) in [4.78, 5) is 4.46. The first-order chi connectivity index (χ1) is 11.7. The van der Waals surface area contributed by atoms with Gasteiger partial charge in [-0.05, 0) is 49.1 Å². The molecule has 5 heteroatoms. The molecule has 0 amide bonds. The van der Waals surface area contributed by atoms with Crippen molar-refractivity contribution in [1.82, 2.24) is 4.98 Å². The summed E-state index contributed by atoms with van der Waals surface area (Å²) in [5.74, 6) is 1.01. The third-order valence-corrected chi connectivity index (χ3v) is 4.44. The minimum atomic E-state index is 0.451. The summed E-state index contributed by atoms with van der Waals surface area (Å²) < 4.78 is 13.2. The van der Waals surface area contributed by atoms with Crippen molar-refractivity contribution in [2.75, 3.05) is 0 Å². The number of hydrogen-bond acceptors (Lipinski definition) is 3. The van der Waals surface area contributed by atoms with Crippen LogP contribution in [0.5, 0.6) is 11.8 Å². The summed E-state index contributed by atoms with van der Waals surface area (Å²) in [7, 11) is 0. The SMILES string of the molecule is Brc1cc(Br)c(OCc2ccccc2)nc1OCc1ccccc1. The van der Waals surface area contributed by atoms with Gasteiger partial charge in [0.05, 0.1) is 8.95 Å². The first-order valence-corrected chi connectivity index (χ1v) is 9.00. The highest BCUT2D eigenvalue weighted by atomic mass is 79.9. The van der Waals surface area contributed by atoms with Crippen molar-refractivity contribution in [3.8, 4) is 11.8 Å². The Labute approximate surface area is 157 Å². The van der Waals surface area contributed by atoms with Gasteiger partial charge in [0.15, 0.2) is 0 Å². The highest BCUT2D eigenvalue weighted by Gasteiger charge is 2.11. The predicted octanol–water partition coefficient (Wildman–Crippen LogP) is 5.76. The Hall–Kier alpha value is -1.85. The number of halogens is 2. The predicted molar refractivity (Wildman–Crippen MR) is 101 cm³/mol. The molecular weight excluding hydrogens is 434 g/mol. The molecule has 3 aromatic rings. The van der Waals surface area contributed by atoms with Crippen molar-refractivity contribution in [3.63, 3.8) is 0 Å². The van der Waals surface area contributed by atoms with Gasteiger partial charge in [-0.2, -0.15) is 4.98 Å².